The maximum absolute atomic E-state index is 9.54. The standard InChI is InChI=1S/C23H22N2S/c1-3-4-5-18-10-12-20(13-11-18)22-16-26-23(25-22)21(15-24)14-19-8-6-17(2)7-9-19/h6-14,16H,3-5H2,1-2H3/b21-14-. The Hall–Kier alpha value is -2.70. The molecule has 3 heteroatoms. The van der Waals surface area contributed by atoms with Gasteiger partial charge in [0.15, 0.2) is 0 Å². The van der Waals surface area contributed by atoms with Crippen LogP contribution in [0.3, 0.4) is 0 Å². The van der Waals surface area contributed by atoms with Gasteiger partial charge in [0.2, 0.25) is 0 Å². The van der Waals surface area contributed by atoms with E-state index in [-0.39, 0.29) is 0 Å². The van der Waals surface area contributed by atoms with Crippen LogP contribution in [-0.4, -0.2) is 4.98 Å². The van der Waals surface area contributed by atoms with E-state index in [2.05, 4.69) is 49.2 Å². The van der Waals surface area contributed by atoms with E-state index in [1.165, 1.54) is 35.3 Å². The summed E-state index contributed by atoms with van der Waals surface area (Å²) in [5.41, 5.74) is 6.22. The molecule has 1 aromatic heterocycles. The first kappa shape index (κ1) is 18.1. The van der Waals surface area contributed by atoms with Gasteiger partial charge in [-0.05, 0) is 37.0 Å². The van der Waals surface area contributed by atoms with Gasteiger partial charge in [-0.3, -0.25) is 0 Å². The number of nitriles is 1. The number of rotatable bonds is 6. The van der Waals surface area contributed by atoms with Crippen molar-refractivity contribution in [1.29, 1.82) is 5.26 Å². The summed E-state index contributed by atoms with van der Waals surface area (Å²) in [6.07, 6.45) is 5.45. The van der Waals surface area contributed by atoms with E-state index in [1.54, 1.807) is 0 Å². The normalized spacial score (nSPS) is 11.3. The third-order valence-electron chi connectivity index (χ3n) is 4.31. The lowest BCUT2D eigenvalue weighted by Gasteiger charge is -2.01. The highest BCUT2D eigenvalue weighted by Crippen LogP contribution is 2.27. The van der Waals surface area contributed by atoms with E-state index in [1.807, 2.05) is 35.7 Å². The lowest BCUT2D eigenvalue weighted by molar-refractivity contribution is 0.795. The minimum Gasteiger partial charge on any atom is -0.235 e. The van der Waals surface area contributed by atoms with Crippen molar-refractivity contribution in [3.8, 4) is 17.3 Å². The topological polar surface area (TPSA) is 36.7 Å². The van der Waals surface area contributed by atoms with Crippen molar-refractivity contribution in [3.05, 3.63) is 75.6 Å². The molecule has 0 N–H and O–H groups in total. The number of aryl methyl sites for hydroxylation is 2. The van der Waals surface area contributed by atoms with Crippen LogP contribution in [0.2, 0.25) is 0 Å². The van der Waals surface area contributed by atoms with Gasteiger partial charge in [0, 0.05) is 10.9 Å². The fraction of sp³-hybridized carbons (Fsp3) is 0.217. The molecule has 0 saturated carbocycles. The Morgan fingerprint density at radius 3 is 2.50 bits per heavy atom. The highest BCUT2D eigenvalue weighted by molar-refractivity contribution is 7.11. The van der Waals surface area contributed by atoms with Crippen LogP contribution in [0.15, 0.2) is 53.9 Å². The van der Waals surface area contributed by atoms with Gasteiger partial charge < -0.3 is 0 Å². The molecule has 130 valence electrons. The molecule has 1 heterocycles. The molecular formula is C23H22N2S. The molecule has 0 fully saturated rings. The van der Waals surface area contributed by atoms with Crippen LogP contribution < -0.4 is 0 Å². The second kappa shape index (κ2) is 8.60. The first-order chi connectivity index (χ1) is 12.7. The lowest BCUT2D eigenvalue weighted by Crippen LogP contribution is -1.86. The Kier molecular flexibility index (Phi) is 5.99. The van der Waals surface area contributed by atoms with E-state index in [9.17, 15) is 5.26 Å². The van der Waals surface area contributed by atoms with Gasteiger partial charge in [-0.25, -0.2) is 4.98 Å². The Morgan fingerprint density at radius 2 is 1.85 bits per heavy atom. The van der Waals surface area contributed by atoms with Gasteiger partial charge in [-0.15, -0.1) is 11.3 Å². The Balaban J connectivity index is 1.81. The molecule has 0 aliphatic rings. The lowest BCUT2D eigenvalue weighted by atomic mass is 10.1. The summed E-state index contributed by atoms with van der Waals surface area (Å²) in [5.74, 6) is 0. The molecule has 0 radical (unpaired) electrons. The molecule has 2 nitrogen and oxygen atoms in total. The molecule has 0 aliphatic heterocycles. The SMILES string of the molecule is CCCCc1ccc(-c2csc(/C(C#N)=C\c3ccc(C)cc3)n2)cc1. The number of nitrogens with zero attached hydrogens (tertiary/aromatic N) is 2. The van der Waals surface area contributed by atoms with Crippen molar-refractivity contribution in [3.63, 3.8) is 0 Å². The van der Waals surface area contributed by atoms with Crippen molar-refractivity contribution in [2.45, 2.75) is 33.1 Å². The molecule has 2 aromatic carbocycles. The Labute approximate surface area is 159 Å². The van der Waals surface area contributed by atoms with Gasteiger partial charge in [-0.1, -0.05) is 67.4 Å². The number of allylic oxidation sites excluding steroid dienone is 1. The van der Waals surface area contributed by atoms with Gasteiger partial charge in [0.05, 0.1) is 11.3 Å². The van der Waals surface area contributed by atoms with E-state index in [0.29, 0.717) is 5.57 Å². The van der Waals surface area contributed by atoms with Crippen LogP contribution in [0.25, 0.3) is 22.9 Å². The second-order valence-corrected chi connectivity index (χ2v) is 7.28. The zero-order valence-corrected chi connectivity index (χ0v) is 16.0. The molecule has 3 aromatic rings. The van der Waals surface area contributed by atoms with E-state index in [4.69, 9.17) is 0 Å². The second-order valence-electron chi connectivity index (χ2n) is 6.42. The molecule has 0 bridgehead atoms. The van der Waals surface area contributed by atoms with Crippen LogP contribution >= 0.6 is 11.3 Å². The number of hydrogen-bond donors (Lipinski definition) is 0. The minimum absolute atomic E-state index is 0.602. The van der Waals surface area contributed by atoms with Crippen molar-refractivity contribution in [2.75, 3.05) is 0 Å². The molecular weight excluding hydrogens is 336 g/mol. The predicted octanol–water partition coefficient (Wildman–Crippen LogP) is 6.53. The summed E-state index contributed by atoms with van der Waals surface area (Å²) in [6.45, 7) is 4.27. The van der Waals surface area contributed by atoms with E-state index >= 15 is 0 Å². The number of aromatic nitrogens is 1. The van der Waals surface area contributed by atoms with Gasteiger partial charge >= 0.3 is 0 Å². The van der Waals surface area contributed by atoms with Crippen LogP contribution in [0.4, 0.5) is 0 Å². The van der Waals surface area contributed by atoms with Crippen LogP contribution in [0.5, 0.6) is 0 Å². The number of thiazole rings is 1. The van der Waals surface area contributed by atoms with Gasteiger partial charge in [0.25, 0.3) is 0 Å². The molecule has 0 unspecified atom stereocenters. The highest BCUT2D eigenvalue weighted by Gasteiger charge is 2.09. The molecule has 0 amide bonds. The zero-order valence-electron chi connectivity index (χ0n) is 15.2. The first-order valence-electron chi connectivity index (χ1n) is 8.93. The maximum atomic E-state index is 9.54. The van der Waals surface area contributed by atoms with Crippen molar-refractivity contribution >= 4 is 23.0 Å². The molecule has 0 atom stereocenters. The van der Waals surface area contributed by atoms with Crippen LogP contribution in [0, 0.1) is 18.3 Å². The molecule has 26 heavy (non-hydrogen) atoms. The summed E-state index contributed by atoms with van der Waals surface area (Å²) in [4.78, 5) is 4.68. The zero-order chi connectivity index (χ0) is 18.4. The average molecular weight is 359 g/mol. The average Bonchev–Trinajstić information content (AvgIpc) is 3.16. The summed E-state index contributed by atoms with van der Waals surface area (Å²) in [5, 5.41) is 12.3. The summed E-state index contributed by atoms with van der Waals surface area (Å²) < 4.78 is 0. The van der Waals surface area contributed by atoms with Crippen molar-refractivity contribution in [2.24, 2.45) is 0 Å². The van der Waals surface area contributed by atoms with E-state index in [0.717, 1.165) is 28.2 Å². The molecule has 3 rings (SSSR count). The third-order valence-corrected chi connectivity index (χ3v) is 5.19. The predicted molar refractivity (Wildman–Crippen MR) is 111 cm³/mol. The van der Waals surface area contributed by atoms with E-state index < -0.39 is 0 Å². The Bertz CT molecular complexity index is 926. The molecule has 0 aliphatic carbocycles. The molecule has 0 saturated heterocycles. The van der Waals surface area contributed by atoms with Crippen LogP contribution in [-0.2, 0) is 6.42 Å². The minimum atomic E-state index is 0.602. The summed E-state index contributed by atoms with van der Waals surface area (Å²) in [7, 11) is 0. The first-order valence-corrected chi connectivity index (χ1v) is 9.81. The Morgan fingerprint density at radius 1 is 1.12 bits per heavy atom. The monoisotopic (exact) mass is 358 g/mol. The number of benzene rings is 2. The number of hydrogen-bond acceptors (Lipinski definition) is 3. The fourth-order valence-corrected chi connectivity index (χ4v) is 3.52. The third kappa shape index (κ3) is 4.47. The van der Waals surface area contributed by atoms with Crippen molar-refractivity contribution in [1.82, 2.24) is 4.98 Å². The molecule has 0 spiro atoms. The largest absolute Gasteiger partial charge is 0.235 e. The smallest absolute Gasteiger partial charge is 0.134 e. The maximum Gasteiger partial charge on any atom is 0.134 e. The van der Waals surface area contributed by atoms with Crippen molar-refractivity contribution < 1.29 is 0 Å². The van der Waals surface area contributed by atoms with Gasteiger partial charge in [-0.2, -0.15) is 5.26 Å². The van der Waals surface area contributed by atoms with Crippen LogP contribution in [0.1, 0.15) is 41.5 Å². The number of unbranched alkanes of at least 4 members (excludes halogenated alkanes) is 1. The summed E-state index contributed by atoms with van der Waals surface area (Å²) in [6, 6.07) is 19.0. The van der Waals surface area contributed by atoms with Gasteiger partial charge in [0.1, 0.15) is 11.1 Å². The summed E-state index contributed by atoms with van der Waals surface area (Å²) >= 11 is 1.52. The quantitative estimate of drug-likeness (QED) is 0.470. The highest BCUT2D eigenvalue weighted by atomic mass is 32.1. The fourth-order valence-electron chi connectivity index (χ4n) is 2.72.